The van der Waals surface area contributed by atoms with Crippen molar-refractivity contribution in [2.45, 2.75) is 12.8 Å². The number of hydrogen-bond acceptors (Lipinski definition) is 4. The van der Waals surface area contributed by atoms with Gasteiger partial charge < -0.3 is 4.74 Å². The smallest absolute Gasteiger partial charge is 0.157 e. The van der Waals surface area contributed by atoms with Gasteiger partial charge in [-0.1, -0.05) is 30.3 Å². The summed E-state index contributed by atoms with van der Waals surface area (Å²) in [6, 6.07) is 9.14. The Morgan fingerprint density at radius 1 is 1.22 bits per heavy atom. The van der Waals surface area contributed by atoms with Gasteiger partial charge in [-0.3, -0.25) is 4.79 Å². The molecule has 0 amide bonds. The maximum atomic E-state index is 11.7. The molecule has 1 aromatic carbocycles. The van der Waals surface area contributed by atoms with E-state index in [0.29, 0.717) is 13.0 Å². The molecular weight excluding hydrogens is 252 g/mol. The van der Waals surface area contributed by atoms with Crippen molar-refractivity contribution in [2.24, 2.45) is 0 Å². The van der Waals surface area contributed by atoms with Gasteiger partial charge >= 0.3 is 0 Å². The Balaban J connectivity index is 2.44. The number of sulfone groups is 1. The second-order valence-electron chi connectivity index (χ2n) is 4.14. The van der Waals surface area contributed by atoms with Crippen LogP contribution >= 0.6 is 0 Å². The zero-order valence-electron chi connectivity index (χ0n) is 10.5. The molecule has 0 aromatic heterocycles. The number of carbonyl (C=O) groups is 1. The van der Waals surface area contributed by atoms with Gasteiger partial charge in [-0.25, -0.2) is 8.42 Å². The Hall–Kier alpha value is -1.20. The van der Waals surface area contributed by atoms with E-state index in [1.807, 2.05) is 30.3 Å². The van der Waals surface area contributed by atoms with Gasteiger partial charge in [0.15, 0.2) is 15.6 Å². The second kappa shape index (κ2) is 7.28. The third kappa shape index (κ3) is 5.93. The lowest BCUT2D eigenvalue weighted by Gasteiger charge is -2.04. The Morgan fingerprint density at radius 2 is 1.89 bits per heavy atom. The summed E-state index contributed by atoms with van der Waals surface area (Å²) in [6.07, 6.45) is 0.599. The van der Waals surface area contributed by atoms with E-state index in [9.17, 15) is 13.2 Å². The standard InChI is InChI=1S/C13H18O4S/c1-17-8-5-9-18(15,16)11-13(14)10-12-6-3-2-4-7-12/h2-4,6-7H,5,8-11H2,1H3. The number of benzene rings is 1. The minimum atomic E-state index is -3.30. The fourth-order valence-electron chi connectivity index (χ4n) is 1.62. The van der Waals surface area contributed by atoms with Gasteiger partial charge in [0.25, 0.3) is 0 Å². The maximum absolute atomic E-state index is 11.7. The summed E-state index contributed by atoms with van der Waals surface area (Å²) in [5.41, 5.74) is 0.842. The van der Waals surface area contributed by atoms with Gasteiger partial charge in [0.05, 0.1) is 5.75 Å². The van der Waals surface area contributed by atoms with Gasteiger partial charge in [-0.05, 0) is 12.0 Å². The number of hydrogen-bond donors (Lipinski definition) is 0. The topological polar surface area (TPSA) is 60.4 Å². The molecule has 18 heavy (non-hydrogen) atoms. The van der Waals surface area contributed by atoms with Crippen LogP contribution in [0.1, 0.15) is 12.0 Å². The summed E-state index contributed by atoms with van der Waals surface area (Å²) in [5, 5.41) is 0. The Morgan fingerprint density at radius 3 is 2.50 bits per heavy atom. The van der Waals surface area contributed by atoms with E-state index in [1.54, 1.807) is 0 Å². The maximum Gasteiger partial charge on any atom is 0.157 e. The number of ether oxygens (including phenoxy) is 1. The molecule has 0 saturated heterocycles. The van der Waals surface area contributed by atoms with Crippen molar-refractivity contribution in [3.8, 4) is 0 Å². The van der Waals surface area contributed by atoms with Crippen LogP contribution in [0.4, 0.5) is 0 Å². The van der Waals surface area contributed by atoms with Crippen LogP contribution in [0.2, 0.25) is 0 Å². The van der Waals surface area contributed by atoms with Gasteiger partial charge in [0.2, 0.25) is 0 Å². The Labute approximate surface area is 108 Å². The highest BCUT2D eigenvalue weighted by molar-refractivity contribution is 7.92. The predicted octanol–water partition coefficient (Wildman–Crippen LogP) is 1.25. The van der Waals surface area contributed by atoms with Crippen molar-refractivity contribution in [3.63, 3.8) is 0 Å². The fraction of sp³-hybridized carbons (Fsp3) is 0.462. The van der Waals surface area contributed by atoms with Crippen molar-refractivity contribution < 1.29 is 17.9 Å². The van der Waals surface area contributed by atoms with Crippen molar-refractivity contribution in [2.75, 3.05) is 25.2 Å². The first kappa shape index (κ1) is 14.9. The zero-order valence-corrected chi connectivity index (χ0v) is 11.3. The lowest BCUT2D eigenvalue weighted by atomic mass is 10.1. The largest absolute Gasteiger partial charge is 0.385 e. The predicted molar refractivity (Wildman–Crippen MR) is 70.3 cm³/mol. The number of rotatable bonds is 8. The van der Waals surface area contributed by atoms with Crippen molar-refractivity contribution in [3.05, 3.63) is 35.9 Å². The second-order valence-corrected chi connectivity index (χ2v) is 6.32. The first-order valence-electron chi connectivity index (χ1n) is 5.78. The minimum Gasteiger partial charge on any atom is -0.385 e. The molecule has 0 atom stereocenters. The normalized spacial score (nSPS) is 11.4. The zero-order chi connectivity index (χ0) is 13.4. The van der Waals surface area contributed by atoms with Crippen molar-refractivity contribution in [1.82, 2.24) is 0 Å². The average molecular weight is 270 g/mol. The van der Waals surface area contributed by atoms with E-state index in [1.165, 1.54) is 7.11 Å². The Kier molecular flexibility index (Phi) is 6.01. The van der Waals surface area contributed by atoms with E-state index >= 15 is 0 Å². The lowest BCUT2D eigenvalue weighted by Crippen LogP contribution is -2.21. The monoisotopic (exact) mass is 270 g/mol. The Bertz CT molecular complexity index is 465. The van der Waals surface area contributed by atoms with Crippen LogP contribution in [0, 0.1) is 0 Å². The third-order valence-electron chi connectivity index (χ3n) is 2.43. The first-order valence-corrected chi connectivity index (χ1v) is 7.60. The van der Waals surface area contributed by atoms with Crippen LogP contribution in [0.15, 0.2) is 30.3 Å². The molecule has 0 heterocycles. The molecule has 0 spiro atoms. The summed E-state index contributed by atoms with van der Waals surface area (Å²) in [7, 11) is -1.78. The molecule has 0 aliphatic rings. The van der Waals surface area contributed by atoms with Gasteiger partial charge in [0, 0.05) is 20.1 Å². The van der Waals surface area contributed by atoms with E-state index in [2.05, 4.69) is 0 Å². The highest BCUT2D eigenvalue weighted by atomic mass is 32.2. The van der Waals surface area contributed by atoms with Crippen molar-refractivity contribution in [1.29, 1.82) is 0 Å². The van der Waals surface area contributed by atoms with Crippen LogP contribution in [0.5, 0.6) is 0 Å². The lowest BCUT2D eigenvalue weighted by molar-refractivity contribution is -0.116. The molecule has 0 unspecified atom stereocenters. The average Bonchev–Trinajstić information content (AvgIpc) is 2.29. The summed E-state index contributed by atoms with van der Waals surface area (Å²) in [4.78, 5) is 11.7. The number of methoxy groups -OCH3 is 1. The molecule has 0 saturated carbocycles. The summed E-state index contributed by atoms with van der Waals surface area (Å²) in [5.74, 6) is -0.647. The van der Waals surface area contributed by atoms with Crippen LogP contribution in [0.25, 0.3) is 0 Å². The van der Waals surface area contributed by atoms with Crippen LogP contribution in [-0.4, -0.2) is 39.4 Å². The molecule has 0 fully saturated rings. The van der Waals surface area contributed by atoms with Crippen LogP contribution in [0.3, 0.4) is 0 Å². The number of ketones is 1. The minimum absolute atomic E-state index is 0.00136. The molecule has 4 nitrogen and oxygen atoms in total. The van der Waals surface area contributed by atoms with Crippen LogP contribution in [-0.2, 0) is 25.8 Å². The van der Waals surface area contributed by atoms with Crippen LogP contribution < -0.4 is 0 Å². The quantitative estimate of drug-likeness (QED) is 0.667. The highest BCUT2D eigenvalue weighted by Gasteiger charge is 2.16. The number of Topliss-reactive ketones (excluding diaryl/α,β-unsaturated/α-hetero) is 1. The highest BCUT2D eigenvalue weighted by Crippen LogP contribution is 2.03. The van der Waals surface area contributed by atoms with Gasteiger partial charge in [0.1, 0.15) is 5.75 Å². The number of carbonyl (C=O) groups excluding carboxylic acids is 1. The molecule has 5 heteroatoms. The molecular formula is C13H18O4S. The summed E-state index contributed by atoms with van der Waals surface area (Å²) >= 11 is 0. The molecule has 0 radical (unpaired) electrons. The molecule has 0 aliphatic heterocycles. The molecule has 1 aromatic rings. The van der Waals surface area contributed by atoms with E-state index in [4.69, 9.17) is 4.74 Å². The third-order valence-corrected chi connectivity index (χ3v) is 4.10. The van der Waals surface area contributed by atoms with E-state index < -0.39 is 9.84 Å². The SMILES string of the molecule is COCCCS(=O)(=O)CC(=O)Cc1ccccc1. The van der Waals surface area contributed by atoms with Crippen molar-refractivity contribution >= 4 is 15.6 Å². The van der Waals surface area contributed by atoms with E-state index in [0.717, 1.165) is 5.56 Å². The fourth-order valence-corrected chi connectivity index (χ4v) is 2.91. The van der Waals surface area contributed by atoms with Gasteiger partial charge in [-0.2, -0.15) is 0 Å². The summed E-state index contributed by atoms with van der Waals surface area (Å²) < 4.78 is 28.0. The molecule has 100 valence electrons. The summed E-state index contributed by atoms with van der Waals surface area (Å²) in [6.45, 7) is 0.395. The molecule has 1 rings (SSSR count). The van der Waals surface area contributed by atoms with Gasteiger partial charge in [-0.15, -0.1) is 0 Å². The van der Waals surface area contributed by atoms with E-state index in [-0.39, 0.29) is 23.7 Å². The molecule has 0 aliphatic carbocycles. The molecule has 0 bridgehead atoms. The molecule has 0 N–H and O–H groups in total. The first-order chi connectivity index (χ1) is 8.53.